The first-order valence-electron chi connectivity index (χ1n) is 7.05. The molecule has 0 unspecified atom stereocenters. The van der Waals surface area contributed by atoms with E-state index in [0.717, 1.165) is 0 Å². The Balaban J connectivity index is 1.79. The molecule has 3 N–H and O–H groups in total. The van der Waals surface area contributed by atoms with Crippen LogP contribution < -0.4 is 15.8 Å². The summed E-state index contributed by atoms with van der Waals surface area (Å²) < 4.78 is 10.8. The normalized spacial score (nSPS) is 10.5. The van der Waals surface area contributed by atoms with E-state index < -0.39 is 11.8 Å². The number of carbonyl (C=O) groups is 2. The summed E-state index contributed by atoms with van der Waals surface area (Å²) in [6.45, 7) is -0.276. The SMILES string of the molecule is NC(=O)c1oc2ccccc2c1NC(=O)COc1ccccc1Cl. The van der Waals surface area contributed by atoms with Crippen molar-refractivity contribution in [3.8, 4) is 5.75 Å². The Morgan fingerprint density at radius 3 is 2.58 bits per heavy atom. The lowest BCUT2D eigenvalue weighted by Gasteiger charge is -2.08. The smallest absolute Gasteiger partial charge is 0.286 e. The van der Waals surface area contributed by atoms with E-state index in [-0.39, 0.29) is 18.1 Å². The topological polar surface area (TPSA) is 94.6 Å². The first kappa shape index (κ1) is 15.9. The van der Waals surface area contributed by atoms with Crippen molar-refractivity contribution < 1.29 is 18.7 Å². The molecule has 7 heteroatoms. The van der Waals surface area contributed by atoms with Crippen molar-refractivity contribution in [3.63, 3.8) is 0 Å². The van der Waals surface area contributed by atoms with Gasteiger partial charge in [-0.25, -0.2) is 0 Å². The van der Waals surface area contributed by atoms with E-state index in [1.54, 1.807) is 48.5 Å². The van der Waals surface area contributed by atoms with E-state index in [9.17, 15) is 9.59 Å². The molecular weight excluding hydrogens is 332 g/mol. The fraction of sp³-hybridized carbons (Fsp3) is 0.0588. The molecule has 0 aliphatic carbocycles. The molecule has 0 aliphatic heterocycles. The summed E-state index contributed by atoms with van der Waals surface area (Å²) in [7, 11) is 0. The highest BCUT2D eigenvalue weighted by Crippen LogP contribution is 2.30. The summed E-state index contributed by atoms with van der Waals surface area (Å²) >= 11 is 5.96. The number of nitrogens with two attached hydrogens (primary N) is 1. The average Bonchev–Trinajstić information content (AvgIpc) is 2.93. The molecule has 0 atom stereocenters. The number of amides is 2. The molecule has 0 fully saturated rings. The van der Waals surface area contributed by atoms with Crippen molar-refractivity contribution in [1.29, 1.82) is 0 Å². The molecule has 6 nitrogen and oxygen atoms in total. The minimum atomic E-state index is -0.770. The molecular formula is C17H13ClN2O4. The van der Waals surface area contributed by atoms with Crippen LogP contribution in [0.5, 0.6) is 5.75 Å². The van der Waals surface area contributed by atoms with Gasteiger partial charge in [0.05, 0.1) is 5.02 Å². The zero-order valence-electron chi connectivity index (χ0n) is 12.4. The second-order valence-electron chi connectivity index (χ2n) is 4.93. The zero-order chi connectivity index (χ0) is 17.1. The third-order valence-electron chi connectivity index (χ3n) is 3.28. The molecule has 2 aromatic carbocycles. The van der Waals surface area contributed by atoms with Gasteiger partial charge in [0, 0.05) is 5.39 Å². The maximum Gasteiger partial charge on any atom is 0.286 e. The molecule has 1 aromatic heterocycles. The summed E-state index contributed by atoms with van der Waals surface area (Å²) in [6.07, 6.45) is 0. The maximum atomic E-state index is 12.1. The van der Waals surface area contributed by atoms with Crippen LogP contribution in [0.25, 0.3) is 11.0 Å². The highest BCUT2D eigenvalue weighted by molar-refractivity contribution is 6.32. The Labute approximate surface area is 142 Å². The van der Waals surface area contributed by atoms with Gasteiger partial charge in [0.15, 0.2) is 6.61 Å². The summed E-state index contributed by atoms with van der Waals surface area (Å²) in [5, 5.41) is 3.58. The third kappa shape index (κ3) is 3.18. The van der Waals surface area contributed by atoms with E-state index >= 15 is 0 Å². The first-order chi connectivity index (χ1) is 11.6. The number of hydrogen-bond donors (Lipinski definition) is 2. The highest BCUT2D eigenvalue weighted by atomic mass is 35.5. The summed E-state index contributed by atoms with van der Waals surface area (Å²) in [5.41, 5.74) is 5.99. The predicted molar refractivity (Wildman–Crippen MR) is 90.3 cm³/mol. The molecule has 1 heterocycles. The second kappa shape index (κ2) is 6.64. The minimum Gasteiger partial charge on any atom is -0.482 e. The number of rotatable bonds is 5. The number of benzene rings is 2. The molecule has 0 aliphatic rings. The Bertz CT molecular complexity index is 920. The lowest BCUT2D eigenvalue weighted by Crippen LogP contribution is -2.22. The van der Waals surface area contributed by atoms with Crippen molar-refractivity contribution >= 4 is 40.1 Å². The Morgan fingerprint density at radius 1 is 1.12 bits per heavy atom. The number of fused-ring (bicyclic) bond motifs is 1. The van der Waals surface area contributed by atoms with Gasteiger partial charge in [-0.1, -0.05) is 35.9 Å². The fourth-order valence-electron chi connectivity index (χ4n) is 2.22. The van der Waals surface area contributed by atoms with Gasteiger partial charge in [0.1, 0.15) is 17.0 Å². The number of halogens is 1. The van der Waals surface area contributed by atoms with Crippen molar-refractivity contribution in [2.75, 3.05) is 11.9 Å². The number of hydrogen-bond acceptors (Lipinski definition) is 4. The fourth-order valence-corrected chi connectivity index (χ4v) is 2.41. The molecule has 0 radical (unpaired) electrons. The van der Waals surface area contributed by atoms with E-state index in [0.29, 0.717) is 21.7 Å². The molecule has 0 saturated heterocycles. The number of nitrogens with one attached hydrogen (secondary N) is 1. The minimum absolute atomic E-state index is 0.109. The molecule has 0 bridgehead atoms. The van der Waals surface area contributed by atoms with Crippen LogP contribution >= 0.6 is 11.6 Å². The Morgan fingerprint density at radius 2 is 1.83 bits per heavy atom. The van der Waals surface area contributed by atoms with Crippen molar-refractivity contribution in [2.24, 2.45) is 5.73 Å². The summed E-state index contributed by atoms with van der Waals surface area (Å²) in [6, 6.07) is 13.7. The average molecular weight is 345 g/mol. The van der Waals surface area contributed by atoms with Crippen LogP contribution in [-0.4, -0.2) is 18.4 Å². The zero-order valence-corrected chi connectivity index (χ0v) is 13.2. The highest BCUT2D eigenvalue weighted by Gasteiger charge is 2.20. The number of para-hydroxylation sites is 2. The molecule has 2 amide bonds. The molecule has 3 aromatic rings. The Kier molecular flexibility index (Phi) is 4.39. The van der Waals surface area contributed by atoms with Gasteiger partial charge < -0.3 is 20.2 Å². The first-order valence-corrected chi connectivity index (χ1v) is 7.42. The standard InChI is InChI=1S/C17H13ClN2O4/c18-11-6-2-4-8-13(11)23-9-14(21)20-15-10-5-1-3-7-12(10)24-16(15)17(19)22/h1-8H,9H2,(H2,19,22)(H,20,21). The van der Waals surface area contributed by atoms with Crippen LogP contribution in [0, 0.1) is 0 Å². The van der Waals surface area contributed by atoms with Crippen molar-refractivity contribution in [3.05, 3.63) is 59.3 Å². The molecule has 3 rings (SSSR count). The molecule has 122 valence electrons. The van der Waals surface area contributed by atoms with Crippen LogP contribution in [0.15, 0.2) is 52.9 Å². The number of ether oxygens (including phenoxy) is 1. The number of primary amides is 1. The van der Waals surface area contributed by atoms with Crippen molar-refractivity contribution in [2.45, 2.75) is 0 Å². The van der Waals surface area contributed by atoms with Crippen LogP contribution in [-0.2, 0) is 4.79 Å². The van der Waals surface area contributed by atoms with Gasteiger partial charge in [0.2, 0.25) is 5.76 Å². The lowest BCUT2D eigenvalue weighted by molar-refractivity contribution is -0.118. The van der Waals surface area contributed by atoms with Gasteiger partial charge in [-0.2, -0.15) is 0 Å². The lowest BCUT2D eigenvalue weighted by atomic mass is 10.2. The van der Waals surface area contributed by atoms with E-state index in [2.05, 4.69) is 5.32 Å². The molecule has 0 saturated carbocycles. The molecule has 24 heavy (non-hydrogen) atoms. The van der Waals surface area contributed by atoms with Gasteiger partial charge in [-0.05, 0) is 24.3 Å². The van der Waals surface area contributed by atoms with Crippen LogP contribution in [0.1, 0.15) is 10.6 Å². The third-order valence-corrected chi connectivity index (χ3v) is 3.59. The van der Waals surface area contributed by atoms with E-state index in [1.165, 1.54) is 0 Å². The predicted octanol–water partition coefficient (Wildman–Crippen LogP) is 3.20. The Hall–Kier alpha value is -2.99. The van der Waals surface area contributed by atoms with Gasteiger partial charge >= 0.3 is 0 Å². The summed E-state index contributed by atoms with van der Waals surface area (Å²) in [4.78, 5) is 23.7. The van der Waals surface area contributed by atoms with Crippen molar-refractivity contribution in [1.82, 2.24) is 0 Å². The number of anilines is 1. The largest absolute Gasteiger partial charge is 0.482 e. The quantitative estimate of drug-likeness (QED) is 0.743. The van der Waals surface area contributed by atoms with E-state index in [4.69, 9.17) is 26.5 Å². The van der Waals surface area contributed by atoms with Gasteiger partial charge in [-0.3, -0.25) is 9.59 Å². The molecule has 0 spiro atoms. The van der Waals surface area contributed by atoms with Gasteiger partial charge in [0.25, 0.3) is 11.8 Å². The number of furan rings is 1. The van der Waals surface area contributed by atoms with Crippen LogP contribution in [0.2, 0.25) is 5.02 Å². The monoisotopic (exact) mass is 344 g/mol. The van der Waals surface area contributed by atoms with Gasteiger partial charge in [-0.15, -0.1) is 0 Å². The van der Waals surface area contributed by atoms with E-state index in [1.807, 2.05) is 0 Å². The van der Waals surface area contributed by atoms with Crippen LogP contribution in [0.4, 0.5) is 5.69 Å². The summed E-state index contributed by atoms with van der Waals surface area (Å²) in [5.74, 6) is -0.957. The second-order valence-corrected chi connectivity index (χ2v) is 5.34. The maximum absolute atomic E-state index is 12.1. The van der Waals surface area contributed by atoms with Crippen LogP contribution in [0.3, 0.4) is 0 Å². The number of carbonyl (C=O) groups excluding carboxylic acids is 2.